The average Bonchev–Trinajstić information content (AvgIpc) is 2.66. The Kier molecular flexibility index (Phi) is 6.32. The molecule has 0 unspecified atom stereocenters. The highest BCUT2D eigenvalue weighted by Crippen LogP contribution is 2.23. The molecular formula is C21H29N5O3. The smallest absolute Gasteiger partial charge is 0.253 e. The molecule has 1 aromatic carbocycles. The van der Waals surface area contributed by atoms with Gasteiger partial charge in [-0.2, -0.15) is 0 Å². The van der Waals surface area contributed by atoms with E-state index in [0.717, 1.165) is 31.1 Å². The zero-order chi connectivity index (χ0) is 21.0. The molecule has 1 aliphatic carbocycles. The first-order valence-electron chi connectivity index (χ1n) is 10.0. The molecule has 0 aliphatic heterocycles. The molecule has 29 heavy (non-hydrogen) atoms. The lowest BCUT2D eigenvalue weighted by Gasteiger charge is -2.29. The van der Waals surface area contributed by atoms with E-state index in [1.165, 1.54) is 0 Å². The van der Waals surface area contributed by atoms with Gasteiger partial charge in [-0.05, 0) is 45.6 Å². The summed E-state index contributed by atoms with van der Waals surface area (Å²) in [6, 6.07) is 5.84. The second-order valence-corrected chi connectivity index (χ2v) is 8.33. The maximum absolute atomic E-state index is 12.6. The highest BCUT2D eigenvalue weighted by Gasteiger charge is 2.22. The van der Waals surface area contributed by atoms with E-state index in [4.69, 9.17) is 0 Å². The molecule has 156 valence electrons. The summed E-state index contributed by atoms with van der Waals surface area (Å²) in [7, 11) is 0. The molecule has 3 rings (SSSR count). The molecule has 0 radical (unpaired) electrons. The summed E-state index contributed by atoms with van der Waals surface area (Å²) in [4.78, 5) is 32.8. The average molecular weight is 399 g/mol. The van der Waals surface area contributed by atoms with Gasteiger partial charge in [-0.25, -0.2) is 9.97 Å². The lowest BCUT2D eigenvalue weighted by atomic mass is 9.91. The van der Waals surface area contributed by atoms with Gasteiger partial charge in [0, 0.05) is 37.1 Å². The number of benzene rings is 1. The van der Waals surface area contributed by atoms with Crippen molar-refractivity contribution in [3.8, 4) is 0 Å². The molecule has 1 saturated carbocycles. The third kappa shape index (κ3) is 5.87. The molecule has 0 bridgehead atoms. The molecule has 1 aromatic heterocycles. The van der Waals surface area contributed by atoms with E-state index < -0.39 is 5.60 Å². The Morgan fingerprint density at radius 1 is 1.17 bits per heavy atom. The van der Waals surface area contributed by atoms with Crippen molar-refractivity contribution in [2.24, 2.45) is 0 Å². The third-order valence-corrected chi connectivity index (χ3v) is 5.00. The standard InChI is InChI=1S/C21H29N5O3/c1-13(27)24-15-7-9-16(10-8-15)25-20-22-11-14-5-4-6-17(18(14)26-20)19(28)23-12-21(2,3)29/h4-6,11,15-16,29H,7-10,12H2,1-3H3,(H,23,28)(H,24,27)(H,22,25,26)/t15-,16-. The predicted octanol–water partition coefficient (Wildman–Crippen LogP) is 1.99. The first-order valence-corrected chi connectivity index (χ1v) is 10.0. The fourth-order valence-corrected chi connectivity index (χ4v) is 3.55. The molecule has 2 aromatic rings. The number of rotatable bonds is 6. The van der Waals surface area contributed by atoms with Crippen LogP contribution in [0, 0.1) is 0 Å². The van der Waals surface area contributed by atoms with Crippen LogP contribution in [0.15, 0.2) is 24.4 Å². The monoisotopic (exact) mass is 399 g/mol. The minimum absolute atomic E-state index is 0.00895. The fraction of sp³-hybridized carbons (Fsp3) is 0.524. The number of nitrogens with one attached hydrogen (secondary N) is 3. The Morgan fingerprint density at radius 2 is 1.86 bits per heavy atom. The van der Waals surface area contributed by atoms with Gasteiger partial charge in [0.15, 0.2) is 0 Å². The molecule has 1 aliphatic rings. The van der Waals surface area contributed by atoms with Crippen molar-refractivity contribution in [1.29, 1.82) is 0 Å². The van der Waals surface area contributed by atoms with Crippen LogP contribution in [-0.2, 0) is 4.79 Å². The van der Waals surface area contributed by atoms with Crippen LogP contribution >= 0.6 is 0 Å². The van der Waals surface area contributed by atoms with Crippen LogP contribution in [0.2, 0.25) is 0 Å². The second kappa shape index (κ2) is 8.73. The van der Waals surface area contributed by atoms with E-state index in [9.17, 15) is 14.7 Å². The number of nitrogens with zero attached hydrogens (tertiary/aromatic N) is 2. The van der Waals surface area contributed by atoms with Crippen LogP contribution in [-0.4, -0.2) is 51.1 Å². The van der Waals surface area contributed by atoms with Crippen LogP contribution in [0.1, 0.15) is 56.8 Å². The lowest BCUT2D eigenvalue weighted by molar-refractivity contribution is -0.119. The van der Waals surface area contributed by atoms with Crippen LogP contribution < -0.4 is 16.0 Å². The number of para-hydroxylation sites is 1. The molecule has 0 saturated heterocycles. The van der Waals surface area contributed by atoms with Crippen molar-refractivity contribution < 1.29 is 14.7 Å². The lowest BCUT2D eigenvalue weighted by Crippen LogP contribution is -2.39. The predicted molar refractivity (Wildman–Crippen MR) is 112 cm³/mol. The van der Waals surface area contributed by atoms with Gasteiger partial charge in [0.25, 0.3) is 5.91 Å². The van der Waals surface area contributed by atoms with Crippen molar-refractivity contribution in [2.75, 3.05) is 11.9 Å². The molecule has 1 fully saturated rings. The highest BCUT2D eigenvalue weighted by atomic mass is 16.3. The Balaban J connectivity index is 1.71. The van der Waals surface area contributed by atoms with Gasteiger partial charge in [0.05, 0.1) is 16.7 Å². The molecular weight excluding hydrogens is 370 g/mol. The number of hydrogen-bond donors (Lipinski definition) is 4. The van der Waals surface area contributed by atoms with Crippen LogP contribution in [0.3, 0.4) is 0 Å². The topological polar surface area (TPSA) is 116 Å². The van der Waals surface area contributed by atoms with Gasteiger partial charge in [-0.3, -0.25) is 9.59 Å². The van der Waals surface area contributed by atoms with Crippen LogP contribution in [0.25, 0.3) is 10.9 Å². The maximum atomic E-state index is 12.6. The number of aliphatic hydroxyl groups is 1. The van der Waals surface area contributed by atoms with Gasteiger partial charge in [0.1, 0.15) is 0 Å². The minimum Gasteiger partial charge on any atom is -0.389 e. The molecule has 1 heterocycles. The number of hydrogen-bond acceptors (Lipinski definition) is 6. The summed E-state index contributed by atoms with van der Waals surface area (Å²) >= 11 is 0. The molecule has 2 amide bonds. The zero-order valence-corrected chi connectivity index (χ0v) is 17.2. The quantitative estimate of drug-likeness (QED) is 0.590. The van der Waals surface area contributed by atoms with Gasteiger partial charge < -0.3 is 21.1 Å². The Bertz CT molecular complexity index is 886. The van der Waals surface area contributed by atoms with Gasteiger partial charge in [-0.1, -0.05) is 12.1 Å². The Labute approximate surface area is 170 Å². The van der Waals surface area contributed by atoms with Crippen LogP contribution in [0.4, 0.5) is 5.95 Å². The summed E-state index contributed by atoms with van der Waals surface area (Å²) < 4.78 is 0. The van der Waals surface area contributed by atoms with Crippen molar-refractivity contribution in [3.05, 3.63) is 30.0 Å². The number of amides is 2. The summed E-state index contributed by atoms with van der Waals surface area (Å²) in [5.74, 6) is 0.219. The van der Waals surface area contributed by atoms with Crippen molar-refractivity contribution in [2.45, 2.75) is 64.1 Å². The first-order chi connectivity index (χ1) is 13.7. The number of carbonyl (C=O) groups excluding carboxylic acids is 2. The highest BCUT2D eigenvalue weighted by molar-refractivity contribution is 6.05. The molecule has 8 heteroatoms. The molecule has 0 atom stereocenters. The number of anilines is 1. The summed E-state index contributed by atoms with van der Waals surface area (Å²) in [6.07, 6.45) is 5.37. The van der Waals surface area contributed by atoms with Crippen molar-refractivity contribution >= 4 is 28.7 Å². The summed E-state index contributed by atoms with van der Waals surface area (Å²) in [5.41, 5.74) is 0.0367. The van der Waals surface area contributed by atoms with Gasteiger partial charge >= 0.3 is 0 Å². The van der Waals surface area contributed by atoms with E-state index in [-0.39, 0.29) is 30.4 Å². The largest absolute Gasteiger partial charge is 0.389 e. The second-order valence-electron chi connectivity index (χ2n) is 8.33. The van der Waals surface area contributed by atoms with Crippen molar-refractivity contribution in [1.82, 2.24) is 20.6 Å². The number of fused-ring (bicyclic) bond motifs is 1. The maximum Gasteiger partial charge on any atom is 0.253 e. The molecule has 8 nitrogen and oxygen atoms in total. The summed E-state index contributed by atoms with van der Waals surface area (Å²) in [6.45, 7) is 4.97. The minimum atomic E-state index is -0.988. The molecule has 4 N–H and O–H groups in total. The Hall–Kier alpha value is -2.74. The summed E-state index contributed by atoms with van der Waals surface area (Å²) in [5, 5.41) is 19.7. The SMILES string of the molecule is CC(=O)N[C@H]1CC[C@H](Nc2ncc3cccc(C(=O)NCC(C)(C)O)c3n2)CC1. The van der Waals surface area contributed by atoms with Gasteiger partial charge in [-0.15, -0.1) is 0 Å². The van der Waals surface area contributed by atoms with E-state index in [1.54, 1.807) is 39.1 Å². The number of carbonyl (C=O) groups is 2. The first kappa shape index (κ1) is 21.0. The van der Waals surface area contributed by atoms with E-state index in [2.05, 4.69) is 25.9 Å². The van der Waals surface area contributed by atoms with E-state index in [1.807, 2.05) is 6.07 Å². The normalized spacial score (nSPS) is 19.6. The van der Waals surface area contributed by atoms with E-state index >= 15 is 0 Å². The fourth-order valence-electron chi connectivity index (χ4n) is 3.55. The van der Waals surface area contributed by atoms with Crippen molar-refractivity contribution in [3.63, 3.8) is 0 Å². The molecule has 0 spiro atoms. The third-order valence-electron chi connectivity index (χ3n) is 5.00. The number of aromatic nitrogens is 2. The van der Waals surface area contributed by atoms with E-state index in [0.29, 0.717) is 17.0 Å². The van der Waals surface area contributed by atoms with Gasteiger partial charge in [0.2, 0.25) is 11.9 Å². The Morgan fingerprint density at radius 3 is 2.52 bits per heavy atom. The van der Waals surface area contributed by atoms with Crippen LogP contribution in [0.5, 0.6) is 0 Å². The zero-order valence-electron chi connectivity index (χ0n) is 17.2.